The highest BCUT2D eigenvalue weighted by molar-refractivity contribution is 7.80. The van der Waals surface area contributed by atoms with Gasteiger partial charge >= 0.3 is 6.18 Å². The molecule has 1 saturated carbocycles. The minimum atomic E-state index is -4.29. The number of pyridine rings is 1. The number of nitrogens with two attached hydrogens (primary N) is 1. The lowest BCUT2D eigenvalue weighted by atomic mass is 10.1. The number of halogens is 3. The van der Waals surface area contributed by atoms with Gasteiger partial charge in [0.2, 0.25) is 0 Å². The molecule has 0 aliphatic heterocycles. The average molecular weight is 289 g/mol. The van der Waals surface area contributed by atoms with Gasteiger partial charge in [-0.15, -0.1) is 0 Å². The molecule has 0 radical (unpaired) electrons. The van der Waals surface area contributed by atoms with E-state index in [2.05, 4.69) is 10.3 Å². The van der Waals surface area contributed by atoms with Gasteiger partial charge in [-0.2, -0.15) is 13.2 Å². The number of anilines is 1. The minimum Gasteiger partial charge on any atom is -0.389 e. The molecule has 0 atom stereocenters. The fourth-order valence-corrected chi connectivity index (χ4v) is 2.36. The number of hydrogen-bond acceptors (Lipinski definition) is 3. The zero-order valence-electron chi connectivity index (χ0n) is 10.6. The van der Waals surface area contributed by atoms with Gasteiger partial charge in [-0.05, 0) is 32.8 Å². The zero-order valence-corrected chi connectivity index (χ0v) is 11.4. The lowest BCUT2D eigenvalue weighted by Crippen LogP contribution is -2.39. The largest absolute Gasteiger partial charge is 0.411 e. The number of alkyl halides is 3. The van der Waals surface area contributed by atoms with Crippen LogP contribution in [-0.4, -0.2) is 21.7 Å². The van der Waals surface area contributed by atoms with Gasteiger partial charge in [0.25, 0.3) is 0 Å². The molecule has 1 heterocycles. The number of hydrogen-bond donors (Lipinski definition) is 2. The Hall–Kier alpha value is -1.37. The van der Waals surface area contributed by atoms with E-state index >= 15 is 0 Å². The maximum absolute atomic E-state index is 13.0. The molecule has 0 spiro atoms. The van der Waals surface area contributed by atoms with Gasteiger partial charge in [-0.1, -0.05) is 12.2 Å². The Morgan fingerprint density at radius 3 is 2.42 bits per heavy atom. The van der Waals surface area contributed by atoms with E-state index in [1.165, 1.54) is 0 Å². The first kappa shape index (κ1) is 14.0. The smallest absolute Gasteiger partial charge is 0.389 e. The number of nitrogens with zero attached hydrogens (tertiary/aromatic N) is 1. The molecule has 1 aromatic rings. The van der Waals surface area contributed by atoms with E-state index in [9.17, 15) is 13.2 Å². The first-order valence-electron chi connectivity index (χ1n) is 5.79. The first-order chi connectivity index (χ1) is 8.66. The number of nitrogens with one attached hydrogen (secondary N) is 1. The number of thiocarbonyl (C=S) groups is 1. The fourth-order valence-electron chi connectivity index (χ4n) is 2.10. The quantitative estimate of drug-likeness (QED) is 0.840. The molecule has 0 unspecified atom stereocenters. The molecule has 19 heavy (non-hydrogen) atoms. The van der Waals surface area contributed by atoms with Gasteiger partial charge in [-0.25, -0.2) is 0 Å². The molecule has 0 amide bonds. The summed E-state index contributed by atoms with van der Waals surface area (Å²) in [7, 11) is 0. The molecule has 7 heteroatoms. The average Bonchev–Trinajstić information content (AvgIpc) is 2.95. The summed E-state index contributed by atoms with van der Waals surface area (Å²) < 4.78 is 38.9. The molecule has 1 aliphatic carbocycles. The van der Waals surface area contributed by atoms with Gasteiger partial charge in [0, 0.05) is 17.1 Å². The lowest BCUT2D eigenvalue weighted by molar-refractivity contribution is -0.151. The Morgan fingerprint density at radius 1 is 1.42 bits per heavy atom. The Morgan fingerprint density at radius 2 is 2.00 bits per heavy atom. The number of aryl methyl sites for hydroxylation is 2. The molecule has 2 rings (SSSR count). The molecule has 1 aliphatic rings. The monoisotopic (exact) mass is 289 g/mol. The van der Waals surface area contributed by atoms with Crippen LogP contribution in [0.4, 0.5) is 18.9 Å². The maximum Gasteiger partial charge on any atom is 0.411 e. The van der Waals surface area contributed by atoms with Crippen molar-refractivity contribution in [1.82, 2.24) is 4.98 Å². The highest BCUT2D eigenvalue weighted by Gasteiger charge is 2.63. The molecular weight excluding hydrogens is 275 g/mol. The first-order valence-corrected chi connectivity index (χ1v) is 6.20. The van der Waals surface area contributed by atoms with E-state index in [1.54, 1.807) is 19.9 Å². The summed E-state index contributed by atoms with van der Waals surface area (Å²) in [5, 5.41) is 2.57. The van der Waals surface area contributed by atoms with Crippen LogP contribution in [-0.2, 0) is 0 Å². The van der Waals surface area contributed by atoms with Crippen molar-refractivity contribution in [2.75, 3.05) is 5.32 Å². The van der Waals surface area contributed by atoms with Crippen molar-refractivity contribution >= 4 is 22.9 Å². The third-order valence-electron chi connectivity index (χ3n) is 3.24. The topological polar surface area (TPSA) is 50.9 Å². The maximum atomic E-state index is 13.0. The summed E-state index contributed by atoms with van der Waals surface area (Å²) in [4.78, 5) is 4.23. The van der Waals surface area contributed by atoms with Crippen LogP contribution < -0.4 is 11.1 Å². The summed E-state index contributed by atoms with van der Waals surface area (Å²) in [5.41, 5.74) is 5.60. The predicted molar refractivity (Wildman–Crippen MR) is 71.2 cm³/mol. The second-order valence-electron chi connectivity index (χ2n) is 4.84. The second-order valence-corrected chi connectivity index (χ2v) is 5.28. The van der Waals surface area contributed by atoms with E-state index in [-0.39, 0.29) is 17.8 Å². The van der Waals surface area contributed by atoms with Crippen LogP contribution in [0.3, 0.4) is 0 Å². The summed E-state index contributed by atoms with van der Waals surface area (Å²) in [6.07, 6.45) is -4.16. The highest BCUT2D eigenvalue weighted by Crippen LogP contribution is 2.51. The van der Waals surface area contributed by atoms with Gasteiger partial charge < -0.3 is 11.1 Å². The Bertz CT molecular complexity index is 536. The van der Waals surface area contributed by atoms with Crippen molar-refractivity contribution < 1.29 is 13.2 Å². The van der Waals surface area contributed by atoms with Crippen LogP contribution in [0.1, 0.15) is 29.8 Å². The molecule has 0 bridgehead atoms. The van der Waals surface area contributed by atoms with E-state index in [0.29, 0.717) is 22.6 Å². The second kappa shape index (κ2) is 4.33. The SMILES string of the molecule is Cc1cc(NC2(C(F)(F)F)CC2)c(C(N)=S)c(C)n1. The lowest BCUT2D eigenvalue weighted by Gasteiger charge is -2.24. The summed E-state index contributed by atoms with van der Waals surface area (Å²) in [6, 6.07) is 1.55. The van der Waals surface area contributed by atoms with Crippen LogP contribution in [0.5, 0.6) is 0 Å². The molecule has 0 aromatic carbocycles. The van der Waals surface area contributed by atoms with Crippen molar-refractivity contribution in [3.8, 4) is 0 Å². The van der Waals surface area contributed by atoms with Crippen LogP contribution >= 0.6 is 12.2 Å². The van der Waals surface area contributed by atoms with Gasteiger partial charge in [0.05, 0.1) is 5.56 Å². The van der Waals surface area contributed by atoms with Crippen LogP contribution in [0.2, 0.25) is 0 Å². The van der Waals surface area contributed by atoms with E-state index in [0.717, 1.165) is 0 Å². The normalized spacial score (nSPS) is 17.1. The molecule has 104 valence electrons. The summed E-state index contributed by atoms with van der Waals surface area (Å²) in [5.74, 6) is 0. The summed E-state index contributed by atoms with van der Waals surface area (Å²) >= 11 is 4.90. The van der Waals surface area contributed by atoms with Crippen LogP contribution in [0, 0.1) is 13.8 Å². The van der Waals surface area contributed by atoms with Crippen molar-refractivity contribution in [3.05, 3.63) is 23.0 Å². The van der Waals surface area contributed by atoms with Crippen molar-refractivity contribution in [1.29, 1.82) is 0 Å². The third-order valence-corrected chi connectivity index (χ3v) is 3.45. The number of aromatic nitrogens is 1. The van der Waals surface area contributed by atoms with E-state index < -0.39 is 11.7 Å². The third kappa shape index (κ3) is 2.51. The molecular formula is C12H14F3N3S. The molecule has 1 aromatic heterocycles. The van der Waals surface area contributed by atoms with Crippen LogP contribution in [0.25, 0.3) is 0 Å². The molecule has 3 N–H and O–H groups in total. The van der Waals surface area contributed by atoms with E-state index in [4.69, 9.17) is 18.0 Å². The summed E-state index contributed by atoms with van der Waals surface area (Å²) in [6.45, 7) is 3.40. The van der Waals surface area contributed by atoms with Gasteiger partial charge in [0.15, 0.2) is 0 Å². The Kier molecular flexibility index (Phi) is 3.20. The molecule has 0 saturated heterocycles. The molecule has 1 fully saturated rings. The van der Waals surface area contributed by atoms with E-state index in [1.807, 2.05) is 0 Å². The van der Waals surface area contributed by atoms with Crippen LogP contribution in [0.15, 0.2) is 6.07 Å². The van der Waals surface area contributed by atoms with Crippen molar-refractivity contribution in [3.63, 3.8) is 0 Å². The Balaban J connectivity index is 2.43. The van der Waals surface area contributed by atoms with Gasteiger partial charge in [0.1, 0.15) is 10.5 Å². The number of rotatable bonds is 3. The highest BCUT2D eigenvalue weighted by atomic mass is 32.1. The fraction of sp³-hybridized carbons (Fsp3) is 0.500. The predicted octanol–water partition coefficient (Wildman–Crippen LogP) is 2.84. The Labute approximate surface area is 114 Å². The molecule has 3 nitrogen and oxygen atoms in total. The minimum absolute atomic E-state index is 0.0467. The van der Waals surface area contributed by atoms with Gasteiger partial charge in [-0.3, -0.25) is 4.98 Å². The standard InChI is InChI=1S/C12H14F3N3S/c1-6-5-8(9(10(16)19)7(2)17-6)18-11(3-4-11)12(13,14)15/h5H,3-4H2,1-2H3,(H2,16,19)(H,17,18). The van der Waals surface area contributed by atoms with Crippen molar-refractivity contribution in [2.45, 2.75) is 38.4 Å². The van der Waals surface area contributed by atoms with Crippen molar-refractivity contribution in [2.24, 2.45) is 5.73 Å². The zero-order chi connectivity index (χ0) is 14.4.